The standard InChI is InChI=1S/C27H46O5/c1-16(2)23(30)8-5-17(3)20-6-7-21-19-13-24(31)27(32)14-18(29)9-12-26(27,15-28)22(19)10-11-25(20,21)4/h16-22,24,28-29,31-32H,5-15H2,1-4H3/t17-,18+,19+,20-,21+,22+,24+,25-,26+,27-/m1/s1. The van der Waals surface area contributed by atoms with Crippen molar-refractivity contribution in [1.82, 2.24) is 0 Å². The van der Waals surface area contributed by atoms with Crippen molar-refractivity contribution >= 4 is 5.78 Å². The van der Waals surface area contributed by atoms with Crippen LogP contribution in [0.3, 0.4) is 0 Å². The first-order valence-corrected chi connectivity index (χ1v) is 13.2. The zero-order valence-electron chi connectivity index (χ0n) is 20.6. The van der Waals surface area contributed by atoms with E-state index in [0.717, 1.165) is 25.7 Å². The number of carbonyl (C=O) groups excluding carboxylic acids is 1. The van der Waals surface area contributed by atoms with Crippen LogP contribution < -0.4 is 0 Å². The lowest BCUT2D eigenvalue weighted by Gasteiger charge is -2.65. The molecule has 0 aromatic rings. The summed E-state index contributed by atoms with van der Waals surface area (Å²) in [4.78, 5) is 12.2. The Hall–Kier alpha value is -0.490. The molecule has 0 radical (unpaired) electrons. The van der Waals surface area contributed by atoms with Crippen molar-refractivity contribution in [1.29, 1.82) is 0 Å². The quantitative estimate of drug-likeness (QED) is 0.495. The Balaban J connectivity index is 1.56. The van der Waals surface area contributed by atoms with Crippen molar-refractivity contribution in [2.75, 3.05) is 6.61 Å². The first-order valence-electron chi connectivity index (χ1n) is 13.2. The molecule has 5 nitrogen and oxygen atoms in total. The smallest absolute Gasteiger partial charge is 0.135 e. The molecule has 0 unspecified atom stereocenters. The first-order chi connectivity index (χ1) is 15.0. The van der Waals surface area contributed by atoms with Crippen molar-refractivity contribution in [2.24, 2.45) is 46.3 Å². The van der Waals surface area contributed by atoms with Gasteiger partial charge in [0.2, 0.25) is 0 Å². The number of ketones is 1. The number of rotatable bonds is 6. The third-order valence-electron chi connectivity index (χ3n) is 11.1. The van der Waals surface area contributed by atoms with Gasteiger partial charge < -0.3 is 20.4 Å². The summed E-state index contributed by atoms with van der Waals surface area (Å²) in [5.74, 6) is 2.55. The Morgan fingerprint density at radius 3 is 2.41 bits per heavy atom. The number of Topliss-reactive ketones (excluding diaryl/α,β-unsaturated/α-hetero) is 1. The van der Waals surface area contributed by atoms with E-state index in [1.54, 1.807) is 0 Å². The van der Waals surface area contributed by atoms with E-state index in [4.69, 9.17) is 0 Å². The monoisotopic (exact) mass is 450 g/mol. The fourth-order valence-electron chi connectivity index (χ4n) is 9.20. The highest BCUT2D eigenvalue weighted by atomic mass is 16.4. The Labute approximate surface area is 194 Å². The van der Waals surface area contributed by atoms with E-state index in [9.17, 15) is 25.2 Å². The minimum Gasteiger partial charge on any atom is -0.396 e. The van der Waals surface area contributed by atoms with Crippen LogP contribution in [0.5, 0.6) is 0 Å². The van der Waals surface area contributed by atoms with Gasteiger partial charge in [-0.15, -0.1) is 0 Å². The summed E-state index contributed by atoms with van der Waals surface area (Å²) in [6.07, 6.45) is 6.41. The fraction of sp³-hybridized carbons (Fsp3) is 0.963. The summed E-state index contributed by atoms with van der Waals surface area (Å²) >= 11 is 0. The van der Waals surface area contributed by atoms with Crippen LogP contribution in [0.2, 0.25) is 0 Å². The van der Waals surface area contributed by atoms with Crippen LogP contribution >= 0.6 is 0 Å². The van der Waals surface area contributed by atoms with Gasteiger partial charge in [0.15, 0.2) is 0 Å². The lowest BCUT2D eigenvalue weighted by atomic mass is 9.42. The average Bonchev–Trinajstić information content (AvgIpc) is 3.09. The van der Waals surface area contributed by atoms with E-state index >= 15 is 0 Å². The van der Waals surface area contributed by atoms with Gasteiger partial charge in [-0.3, -0.25) is 4.79 Å². The molecule has 4 aliphatic carbocycles. The van der Waals surface area contributed by atoms with Crippen LogP contribution in [0.25, 0.3) is 0 Å². The van der Waals surface area contributed by atoms with E-state index < -0.39 is 23.2 Å². The van der Waals surface area contributed by atoms with E-state index in [1.807, 2.05) is 13.8 Å². The summed E-state index contributed by atoms with van der Waals surface area (Å²) in [5, 5.41) is 43.7. The van der Waals surface area contributed by atoms with E-state index in [-0.39, 0.29) is 30.3 Å². The van der Waals surface area contributed by atoms with Gasteiger partial charge in [-0.25, -0.2) is 0 Å². The zero-order chi connectivity index (χ0) is 23.5. The summed E-state index contributed by atoms with van der Waals surface area (Å²) in [6.45, 7) is 8.62. The van der Waals surface area contributed by atoms with Crippen molar-refractivity contribution in [3.63, 3.8) is 0 Å². The Morgan fingerprint density at radius 2 is 1.75 bits per heavy atom. The second kappa shape index (κ2) is 8.62. The molecule has 0 heterocycles. The molecule has 0 aliphatic heterocycles. The third-order valence-corrected chi connectivity index (χ3v) is 11.1. The van der Waals surface area contributed by atoms with Crippen molar-refractivity contribution in [3.8, 4) is 0 Å². The zero-order valence-corrected chi connectivity index (χ0v) is 20.6. The molecular formula is C27H46O5. The van der Waals surface area contributed by atoms with Gasteiger partial charge in [-0.1, -0.05) is 27.7 Å². The number of fused-ring (bicyclic) bond motifs is 5. The molecule has 0 saturated heterocycles. The molecule has 32 heavy (non-hydrogen) atoms. The van der Waals surface area contributed by atoms with Gasteiger partial charge >= 0.3 is 0 Å². The van der Waals surface area contributed by atoms with Gasteiger partial charge in [0.25, 0.3) is 0 Å². The molecule has 0 spiro atoms. The molecular weight excluding hydrogens is 404 g/mol. The number of hydrogen-bond acceptors (Lipinski definition) is 5. The van der Waals surface area contributed by atoms with Crippen LogP contribution in [-0.4, -0.2) is 50.6 Å². The predicted molar refractivity (Wildman–Crippen MR) is 124 cm³/mol. The van der Waals surface area contributed by atoms with E-state index in [0.29, 0.717) is 55.1 Å². The summed E-state index contributed by atoms with van der Waals surface area (Å²) < 4.78 is 0. The molecule has 5 heteroatoms. The van der Waals surface area contributed by atoms with Gasteiger partial charge in [0.1, 0.15) is 11.4 Å². The highest BCUT2D eigenvalue weighted by Gasteiger charge is 2.69. The minimum atomic E-state index is -1.39. The molecule has 0 amide bonds. The van der Waals surface area contributed by atoms with Crippen LogP contribution in [-0.2, 0) is 4.79 Å². The van der Waals surface area contributed by atoms with E-state index in [2.05, 4.69) is 13.8 Å². The molecule has 4 saturated carbocycles. The molecule has 10 atom stereocenters. The Bertz CT molecular complexity index is 708. The SMILES string of the molecule is CC(C)C(=O)CC[C@@H](C)[C@H]1CC[C@H]2[C@@H]3C[C@H](O)[C@]4(O)C[C@@H](O)CC[C@]4(CO)[C@H]3CC[C@]12C. The molecule has 4 aliphatic rings. The molecule has 0 aromatic heterocycles. The van der Waals surface area contributed by atoms with Gasteiger partial charge in [0, 0.05) is 24.2 Å². The number of aliphatic hydroxyl groups is 4. The number of carbonyl (C=O) groups is 1. The number of hydrogen-bond donors (Lipinski definition) is 4. The Morgan fingerprint density at radius 1 is 1.03 bits per heavy atom. The fourth-order valence-corrected chi connectivity index (χ4v) is 9.20. The lowest BCUT2D eigenvalue weighted by molar-refractivity contribution is -0.280. The van der Waals surface area contributed by atoms with E-state index in [1.165, 1.54) is 6.42 Å². The van der Waals surface area contributed by atoms with Crippen molar-refractivity contribution < 1.29 is 25.2 Å². The molecule has 4 N–H and O–H groups in total. The summed E-state index contributed by atoms with van der Waals surface area (Å²) in [7, 11) is 0. The van der Waals surface area contributed by atoms with Gasteiger partial charge in [-0.05, 0) is 86.4 Å². The highest BCUT2D eigenvalue weighted by molar-refractivity contribution is 5.80. The van der Waals surface area contributed by atoms with Crippen LogP contribution in [0, 0.1) is 46.3 Å². The lowest BCUT2D eigenvalue weighted by Crippen LogP contribution is -2.70. The molecule has 0 bridgehead atoms. The van der Waals surface area contributed by atoms with Gasteiger partial charge in [-0.2, -0.15) is 0 Å². The second-order valence-corrected chi connectivity index (χ2v) is 12.6. The molecule has 184 valence electrons. The second-order valence-electron chi connectivity index (χ2n) is 12.6. The number of aliphatic hydroxyl groups excluding tert-OH is 3. The maximum Gasteiger partial charge on any atom is 0.135 e. The summed E-state index contributed by atoms with van der Waals surface area (Å²) in [5.41, 5.74) is -1.90. The molecule has 4 rings (SSSR count). The maximum absolute atomic E-state index is 12.2. The highest BCUT2D eigenvalue weighted by Crippen LogP contribution is 2.69. The van der Waals surface area contributed by atoms with Crippen LogP contribution in [0.4, 0.5) is 0 Å². The topological polar surface area (TPSA) is 98.0 Å². The maximum atomic E-state index is 12.2. The predicted octanol–water partition coefficient (Wildman–Crippen LogP) is 3.71. The van der Waals surface area contributed by atoms with Crippen molar-refractivity contribution in [3.05, 3.63) is 0 Å². The summed E-state index contributed by atoms with van der Waals surface area (Å²) in [6, 6.07) is 0. The normalized spacial score (nSPS) is 49.3. The Kier molecular flexibility index (Phi) is 6.64. The molecule has 0 aromatic carbocycles. The largest absolute Gasteiger partial charge is 0.396 e. The van der Waals surface area contributed by atoms with Gasteiger partial charge in [0.05, 0.1) is 18.8 Å². The molecule has 4 fully saturated rings. The van der Waals surface area contributed by atoms with Crippen LogP contribution in [0.15, 0.2) is 0 Å². The first kappa shape index (κ1) is 24.6. The van der Waals surface area contributed by atoms with Crippen LogP contribution in [0.1, 0.15) is 91.9 Å². The van der Waals surface area contributed by atoms with Crippen molar-refractivity contribution in [2.45, 2.75) is 110 Å². The average molecular weight is 451 g/mol. The minimum absolute atomic E-state index is 0.107. The third kappa shape index (κ3) is 3.52.